The van der Waals surface area contributed by atoms with Gasteiger partial charge in [-0.15, -0.1) is 0 Å². The molecule has 0 amide bonds. The molecule has 0 spiro atoms. The van der Waals surface area contributed by atoms with Crippen molar-refractivity contribution >= 4 is 21.5 Å². The van der Waals surface area contributed by atoms with Gasteiger partial charge in [0.2, 0.25) is 0 Å². The highest BCUT2D eigenvalue weighted by atomic mass is 14.3. The molecule has 0 fully saturated rings. The van der Waals surface area contributed by atoms with Crippen molar-refractivity contribution < 1.29 is 0 Å². The van der Waals surface area contributed by atoms with Gasteiger partial charge in [-0.1, -0.05) is 86.6 Å². The molecule has 0 saturated heterocycles. The second-order valence-corrected chi connectivity index (χ2v) is 5.82. The summed E-state index contributed by atoms with van der Waals surface area (Å²) >= 11 is 0. The van der Waals surface area contributed by atoms with Crippen LogP contribution in [0.25, 0.3) is 32.7 Å². The summed E-state index contributed by atoms with van der Waals surface area (Å²) in [4.78, 5) is 0. The van der Waals surface area contributed by atoms with Crippen LogP contribution in [0.5, 0.6) is 0 Å². The van der Waals surface area contributed by atoms with E-state index in [0.29, 0.717) is 0 Å². The Kier molecular flexibility index (Phi) is 3.38. The molecule has 0 radical (unpaired) electrons. The molecule has 0 aliphatic heterocycles. The Morgan fingerprint density at radius 1 is 0.522 bits per heavy atom. The van der Waals surface area contributed by atoms with Crippen molar-refractivity contribution in [3.63, 3.8) is 0 Å². The van der Waals surface area contributed by atoms with E-state index in [0.717, 1.165) is 6.42 Å². The van der Waals surface area contributed by atoms with Crippen molar-refractivity contribution in [2.75, 3.05) is 0 Å². The van der Waals surface area contributed by atoms with Gasteiger partial charge in [-0.2, -0.15) is 0 Å². The maximum absolute atomic E-state index is 2.30. The number of hydrogen-bond acceptors (Lipinski definition) is 0. The predicted molar refractivity (Wildman–Crippen MR) is 101 cm³/mol. The zero-order valence-corrected chi connectivity index (χ0v) is 13.6. The second-order valence-electron chi connectivity index (χ2n) is 5.82. The lowest BCUT2D eigenvalue weighted by molar-refractivity contribution is 1.27. The number of hydrogen-bond donors (Lipinski definition) is 0. The van der Waals surface area contributed by atoms with Crippen molar-refractivity contribution in [3.05, 3.63) is 83.9 Å². The largest absolute Gasteiger partial charge is 0.0683 e. The molecule has 0 saturated carbocycles. The Hall–Kier alpha value is -2.60. The summed E-state index contributed by atoms with van der Waals surface area (Å²) in [5.74, 6) is 0. The quantitative estimate of drug-likeness (QED) is 0.302. The van der Waals surface area contributed by atoms with Crippen molar-refractivity contribution in [1.82, 2.24) is 0 Å². The van der Waals surface area contributed by atoms with Gasteiger partial charge in [0.15, 0.2) is 0 Å². The fourth-order valence-electron chi connectivity index (χ4n) is 3.72. The standard InChI is InChI=1S/C21H14.C2H6/c1-3-7-18-14(5-1)9-11-16-13-17-12-10-15-6-2-4-8-19(15)21(17)20(16)18;1-2/h1-12H,13H2;1-2H3. The molecule has 0 aromatic heterocycles. The molecule has 4 aromatic carbocycles. The first kappa shape index (κ1) is 14.0. The van der Waals surface area contributed by atoms with Gasteiger partial charge >= 0.3 is 0 Å². The van der Waals surface area contributed by atoms with Crippen LogP contribution in [0.3, 0.4) is 0 Å². The normalized spacial score (nSPS) is 11.7. The van der Waals surface area contributed by atoms with Gasteiger partial charge in [0.05, 0.1) is 0 Å². The Balaban J connectivity index is 0.000000652. The van der Waals surface area contributed by atoms with Gasteiger partial charge in [-0.05, 0) is 50.2 Å². The average molecular weight is 296 g/mol. The van der Waals surface area contributed by atoms with Crippen LogP contribution in [0.15, 0.2) is 72.8 Å². The first-order valence-corrected chi connectivity index (χ1v) is 8.43. The first-order valence-electron chi connectivity index (χ1n) is 8.43. The van der Waals surface area contributed by atoms with E-state index in [1.165, 1.54) is 43.8 Å². The van der Waals surface area contributed by atoms with Gasteiger partial charge in [0.1, 0.15) is 0 Å². The molecule has 0 heterocycles. The van der Waals surface area contributed by atoms with Crippen LogP contribution in [0.2, 0.25) is 0 Å². The van der Waals surface area contributed by atoms with E-state index in [1.807, 2.05) is 13.8 Å². The maximum atomic E-state index is 2.30. The van der Waals surface area contributed by atoms with E-state index in [4.69, 9.17) is 0 Å². The van der Waals surface area contributed by atoms with Crippen LogP contribution in [0.1, 0.15) is 25.0 Å². The lowest BCUT2D eigenvalue weighted by Gasteiger charge is -2.09. The Labute approximate surface area is 137 Å². The summed E-state index contributed by atoms with van der Waals surface area (Å²) < 4.78 is 0. The molecule has 5 rings (SSSR count). The average Bonchev–Trinajstić information content (AvgIpc) is 3.03. The molecule has 4 aromatic rings. The Morgan fingerprint density at radius 2 is 0.957 bits per heavy atom. The van der Waals surface area contributed by atoms with Gasteiger partial charge < -0.3 is 0 Å². The number of fused-ring (bicyclic) bond motifs is 7. The highest BCUT2D eigenvalue weighted by molar-refractivity contribution is 6.09. The van der Waals surface area contributed by atoms with Crippen LogP contribution < -0.4 is 0 Å². The smallest absolute Gasteiger partial charge is 0.00130 e. The molecule has 0 nitrogen and oxygen atoms in total. The third-order valence-electron chi connectivity index (χ3n) is 4.66. The number of benzene rings is 4. The van der Waals surface area contributed by atoms with Crippen molar-refractivity contribution in [2.45, 2.75) is 20.3 Å². The second kappa shape index (κ2) is 5.55. The summed E-state index contributed by atoms with van der Waals surface area (Å²) in [6, 6.07) is 26.6. The third-order valence-corrected chi connectivity index (χ3v) is 4.66. The molecule has 0 heteroatoms. The summed E-state index contributed by atoms with van der Waals surface area (Å²) in [6.07, 6.45) is 1.06. The van der Waals surface area contributed by atoms with Gasteiger partial charge in [0.25, 0.3) is 0 Å². The van der Waals surface area contributed by atoms with E-state index < -0.39 is 0 Å². The van der Waals surface area contributed by atoms with E-state index in [9.17, 15) is 0 Å². The first-order chi connectivity index (χ1) is 11.4. The molecule has 0 N–H and O–H groups in total. The highest BCUT2D eigenvalue weighted by Crippen LogP contribution is 2.44. The molecular weight excluding hydrogens is 276 g/mol. The topological polar surface area (TPSA) is 0 Å². The van der Waals surface area contributed by atoms with Gasteiger partial charge in [-0.3, -0.25) is 0 Å². The molecule has 23 heavy (non-hydrogen) atoms. The van der Waals surface area contributed by atoms with Crippen LogP contribution in [0.4, 0.5) is 0 Å². The van der Waals surface area contributed by atoms with E-state index in [-0.39, 0.29) is 0 Å². The highest BCUT2D eigenvalue weighted by Gasteiger charge is 2.22. The molecular formula is C23H20. The van der Waals surface area contributed by atoms with Crippen LogP contribution in [-0.2, 0) is 6.42 Å². The summed E-state index contributed by atoms with van der Waals surface area (Å²) in [6.45, 7) is 4.00. The Bertz CT molecular complexity index is 926. The zero-order valence-electron chi connectivity index (χ0n) is 13.6. The third kappa shape index (κ3) is 2.06. The summed E-state index contributed by atoms with van der Waals surface area (Å²) in [5.41, 5.74) is 5.81. The summed E-state index contributed by atoms with van der Waals surface area (Å²) in [7, 11) is 0. The Morgan fingerprint density at radius 3 is 1.43 bits per heavy atom. The van der Waals surface area contributed by atoms with Crippen molar-refractivity contribution in [2.24, 2.45) is 0 Å². The lowest BCUT2D eigenvalue weighted by atomic mass is 9.94. The van der Waals surface area contributed by atoms with Crippen molar-refractivity contribution in [3.8, 4) is 11.1 Å². The molecule has 112 valence electrons. The monoisotopic (exact) mass is 296 g/mol. The molecule has 0 bridgehead atoms. The van der Waals surface area contributed by atoms with E-state index in [2.05, 4.69) is 72.8 Å². The fourth-order valence-corrected chi connectivity index (χ4v) is 3.72. The maximum Gasteiger partial charge on any atom is -0.00130 e. The predicted octanol–water partition coefficient (Wildman–Crippen LogP) is 6.59. The molecule has 0 unspecified atom stereocenters. The van der Waals surface area contributed by atoms with E-state index >= 15 is 0 Å². The van der Waals surface area contributed by atoms with Crippen molar-refractivity contribution in [1.29, 1.82) is 0 Å². The molecule has 1 aliphatic carbocycles. The van der Waals surface area contributed by atoms with Crippen LogP contribution in [0, 0.1) is 0 Å². The minimum Gasteiger partial charge on any atom is -0.0683 e. The van der Waals surface area contributed by atoms with E-state index in [1.54, 1.807) is 0 Å². The van der Waals surface area contributed by atoms with Gasteiger partial charge in [0, 0.05) is 0 Å². The SMILES string of the molecule is CC.c1ccc2c3c(ccc2c1)Cc1ccc2ccccc2c1-3. The molecule has 1 aliphatic rings. The summed E-state index contributed by atoms with van der Waals surface area (Å²) in [5, 5.41) is 5.42. The lowest BCUT2D eigenvalue weighted by Crippen LogP contribution is -1.83. The minimum absolute atomic E-state index is 1.06. The molecule has 0 atom stereocenters. The van der Waals surface area contributed by atoms with Crippen LogP contribution >= 0.6 is 0 Å². The number of rotatable bonds is 0. The minimum atomic E-state index is 1.06. The zero-order chi connectivity index (χ0) is 15.8. The fraction of sp³-hybridized carbons (Fsp3) is 0.130. The van der Waals surface area contributed by atoms with Crippen LogP contribution in [-0.4, -0.2) is 0 Å². The van der Waals surface area contributed by atoms with Gasteiger partial charge in [-0.25, -0.2) is 0 Å².